The van der Waals surface area contributed by atoms with Gasteiger partial charge in [0.25, 0.3) is 0 Å². The molecule has 2 aromatic rings. The van der Waals surface area contributed by atoms with E-state index in [1.165, 1.54) is 0 Å². The third-order valence-corrected chi connectivity index (χ3v) is 1.86. The lowest BCUT2D eigenvalue weighted by molar-refractivity contribution is -0.191. The normalized spacial score (nSPS) is 9.20. The molecule has 0 bridgehead atoms. The van der Waals surface area contributed by atoms with E-state index in [9.17, 15) is 0 Å². The van der Waals surface area contributed by atoms with Crippen LogP contribution in [0.25, 0.3) is 11.2 Å². The largest absolute Gasteiger partial charge is 0.373 e. The number of aryl methyl sites for hydroxylation is 2. The van der Waals surface area contributed by atoms with Gasteiger partial charge >= 0.3 is 6.15 Å². The molecule has 0 aliphatic rings. The van der Waals surface area contributed by atoms with Crippen molar-refractivity contribution in [2.45, 2.75) is 20.3 Å². The maximum atomic E-state index is 8.12. The van der Waals surface area contributed by atoms with Crippen LogP contribution in [0.4, 0.5) is 0 Å². The van der Waals surface area contributed by atoms with Gasteiger partial charge in [0.15, 0.2) is 5.65 Å². The predicted octanol–water partition coefficient (Wildman–Crippen LogP) is 1.25. The molecular weight excluding hydrogens is 194 g/mol. The lowest BCUT2D eigenvalue weighted by Gasteiger charge is -1.88. The molecule has 78 valence electrons. The van der Waals surface area contributed by atoms with Gasteiger partial charge in [-0.1, -0.05) is 6.92 Å². The summed E-state index contributed by atoms with van der Waals surface area (Å²) in [5.74, 6) is 1.00. The fourth-order valence-corrected chi connectivity index (χ4v) is 1.22. The maximum absolute atomic E-state index is 8.12. The lowest BCUT2D eigenvalue weighted by atomic mass is 10.3. The molecule has 0 aliphatic carbocycles. The van der Waals surface area contributed by atoms with Gasteiger partial charge in [-0.3, -0.25) is 0 Å². The maximum Gasteiger partial charge on any atom is 0.373 e. The summed E-state index contributed by atoms with van der Waals surface area (Å²) in [6.07, 6.45) is 3.01. The highest BCUT2D eigenvalue weighted by Gasteiger charge is 2.00. The van der Waals surface area contributed by atoms with E-state index in [-0.39, 0.29) is 6.15 Å². The highest BCUT2D eigenvalue weighted by molar-refractivity contribution is 5.70. The quantitative estimate of drug-likeness (QED) is 0.760. The molecule has 5 nitrogen and oxygen atoms in total. The van der Waals surface area contributed by atoms with Crippen molar-refractivity contribution in [1.29, 1.82) is 0 Å². The highest BCUT2D eigenvalue weighted by Crippen LogP contribution is 2.09. The first-order valence-electron chi connectivity index (χ1n) is 4.51. The number of H-pyrrole nitrogens is 1. The number of rotatable bonds is 1. The SMILES string of the molecule is CCc1nc2ncc(C)cc2[nH]1.O=C=O. The first kappa shape index (κ1) is 11.1. The van der Waals surface area contributed by atoms with Crippen LogP contribution in [-0.2, 0) is 16.0 Å². The molecule has 0 aliphatic heterocycles. The van der Waals surface area contributed by atoms with Crippen LogP contribution < -0.4 is 0 Å². The van der Waals surface area contributed by atoms with Crippen molar-refractivity contribution in [2.24, 2.45) is 0 Å². The second kappa shape index (κ2) is 5.02. The number of imidazole rings is 1. The number of hydrogen-bond donors (Lipinski definition) is 1. The topological polar surface area (TPSA) is 75.7 Å². The molecule has 0 atom stereocenters. The highest BCUT2D eigenvalue weighted by atomic mass is 16.2. The van der Waals surface area contributed by atoms with E-state index in [2.05, 4.69) is 27.9 Å². The van der Waals surface area contributed by atoms with Crippen molar-refractivity contribution in [3.05, 3.63) is 23.7 Å². The van der Waals surface area contributed by atoms with E-state index in [1.807, 2.05) is 13.1 Å². The minimum atomic E-state index is 0.250. The molecule has 2 rings (SSSR count). The molecule has 0 fully saturated rings. The Hall–Kier alpha value is -2.00. The molecular formula is C10H11N3O2. The smallest absolute Gasteiger partial charge is 0.341 e. The van der Waals surface area contributed by atoms with Gasteiger partial charge in [-0.2, -0.15) is 9.59 Å². The summed E-state index contributed by atoms with van der Waals surface area (Å²) < 4.78 is 0. The first-order valence-corrected chi connectivity index (χ1v) is 4.51. The van der Waals surface area contributed by atoms with E-state index in [0.29, 0.717) is 0 Å². The summed E-state index contributed by atoms with van der Waals surface area (Å²) in [5.41, 5.74) is 3.01. The number of carbonyl (C=O) groups excluding carboxylic acids is 2. The second-order valence-corrected chi connectivity index (χ2v) is 3.00. The number of aromatic nitrogens is 3. The Morgan fingerprint density at radius 2 is 2.13 bits per heavy atom. The number of nitrogens with one attached hydrogen (secondary N) is 1. The number of nitrogens with zero attached hydrogens (tertiary/aromatic N) is 2. The molecule has 0 saturated carbocycles. The Morgan fingerprint density at radius 1 is 1.47 bits per heavy atom. The number of fused-ring (bicyclic) bond motifs is 1. The van der Waals surface area contributed by atoms with Crippen molar-refractivity contribution in [1.82, 2.24) is 15.0 Å². The molecule has 0 radical (unpaired) electrons. The third kappa shape index (κ3) is 2.72. The summed E-state index contributed by atoms with van der Waals surface area (Å²) in [5, 5.41) is 0. The molecule has 0 amide bonds. The summed E-state index contributed by atoms with van der Waals surface area (Å²) >= 11 is 0. The van der Waals surface area contributed by atoms with Crippen molar-refractivity contribution in [3.8, 4) is 0 Å². The molecule has 2 aromatic heterocycles. The first-order chi connectivity index (χ1) is 7.21. The van der Waals surface area contributed by atoms with Crippen LogP contribution in [0.5, 0.6) is 0 Å². The van der Waals surface area contributed by atoms with Crippen molar-refractivity contribution in [3.63, 3.8) is 0 Å². The fourth-order valence-electron chi connectivity index (χ4n) is 1.22. The van der Waals surface area contributed by atoms with Crippen molar-refractivity contribution >= 4 is 17.3 Å². The van der Waals surface area contributed by atoms with Crippen LogP contribution in [0, 0.1) is 6.92 Å². The summed E-state index contributed by atoms with van der Waals surface area (Å²) in [6.45, 7) is 4.10. The molecule has 0 saturated heterocycles. The Labute approximate surface area is 86.6 Å². The molecule has 15 heavy (non-hydrogen) atoms. The molecule has 0 aromatic carbocycles. The molecule has 0 unspecified atom stereocenters. The molecule has 0 spiro atoms. The van der Waals surface area contributed by atoms with Crippen LogP contribution in [-0.4, -0.2) is 21.1 Å². The Balaban J connectivity index is 0.000000337. The van der Waals surface area contributed by atoms with Gasteiger partial charge in [-0.05, 0) is 18.6 Å². The summed E-state index contributed by atoms with van der Waals surface area (Å²) in [6, 6.07) is 2.06. The molecule has 2 heterocycles. The van der Waals surface area contributed by atoms with E-state index in [1.54, 1.807) is 0 Å². The van der Waals surface area contributed by atoms with Crippen molar-refractivity contribution in [2.75, 3.05) is 0 Å². The van der Waals surface area contributed by atoms with Crippen molar-refractivity contribution < 1.29 is 9.59 Å². The predicted molar refractivity (Wildman–Crippen MR) is 53.0 cm³/mol. The zero-order valence-corrected chi connectivity index (χ0v) is 8.57. The lowest BCUT2D eigenvalue weighted by Crippen LogP contribution is -1.80. The number of aromatic amines is 1. The van der Waals surface area contributed by atoms with Gasteiger partial charge in [-0.15, -0.1) is 0 Å². The van der Waals surface area contributed by atoms with Gasteiger partial charge in [0.05, 0.1) is 5.52 Å². The van der Waals surface area contributed by atoms with E-state index >= 15 is 0 Å². The summed E-state index contributed by atoms with van der Waals surface area (Å²) in [7, 11) is 0. The second-order valence-electron chi connectivity index (χ2n) is 3.00. The third-order valence-electron chi connectivity index (χ3n) is 1.86. The van der Waals surface area contributed by atoms with Gasteiger partial charge in [0.2, 0.25) is 0 Å². The zero-order chi connectivity index (χ0) is 11.3. The van der Waals surface area contributed by atoms with Gasteiger partial charge in [0, 0.05) is 12.6 Å². The average molecular weight is 205 g/mol. The van der Waals surface area contributed by atoms with E-state index in [0.717, 1.165) is 29.0 Å². The van der Waals surface area contributed by atoms with Crippen LogP contribution in [0.1, 0.15) is 18.3 Å². The van der Waals surface area contributed by atoms with E-state index < -0.39 is 0 Å². The van der Waals surface area contributed by atoms with Gasteiger partial charge < -0.3 is 4.98 Å². The minimum absolute atomic E-state index is 0.250. The van der Waals surface area contributed by atoms with Crippen LogP contribution in [0.15, 0.2) is 12.3 Å². The van der Waals surface area contributed by atoms with Crippen LogP contribution in [0.3, 0.4) is 0 Å². The minimum Gasteiger partial charge on any atom is -0.341 e. The Morgan fingerprint density at radius 3 is 2.73 bits per heavy atom. The standard InChI is InChI=1S/C9H11N3.CO2/c1-3-8-11-7-4-6(2)5-10-9(7)12-8;2-1-3/h4-5H,3H2,1-2H3,(H,10,11,12);. The van der Waals surface area contributed by atoms with Crippen LogP contribution >= 0.6 is 0 Å². The zero-order valence-electron chi connectivity index (χ0n) is 8.57. The van der Waals surface area contributed by atoms with Gasteiger partial charge in [0.1, 0.15) is 5.82 Å². The van der Waals surface area contributed by atoms with Gasteiger partial charge in [-0.25, -0.2) is 9.97 Å². The Bertz CT molecular complexity index is 484. The monoisotopic (exact) mass is 205 g/mol. The van der Waals surface area contributed by atoms with E-state index in [4.69, 9.17) is 9.59 Å². The van der Waals surface area contributed by atoms with Crippen LogP contribution in [0.2, 0.25) is 0 Å². The summed E-state index contributed by atoms with van der Waals surface area (Å²) in [4.78, 5) is 28.0. The molecule has 1 N–H and O–H groups in total. The fraction of sp³-hybridized carbons (Fsp3) is 0.300. The average Bonchev–Trinajstić information content (AvgIpc) is 2.61. The Kier molecular flexibility index (Phi) is 3.71. The molecule has 5 heteroatoms. The number of hydrogen-bond acceptors (Lipinski definition) is 4. The number of pyridine rings is 1.